The second-order valence-electron chi connectivity index (χ2n) is 18.4. The summed E-state index contributed by atoms with van der Waals surface area (Å²) in [6.45, 7) is 16.9. The first-order valence-electron chi connectivity index (χ1n) is 22.6. The number of thiophene rings is 2. The molecule has 0 spiro atoms. The minimum absolute atomic E-state index is 0.0626. The number of carbonyl (C=O) groups is 7. The fourth-order valence-corrected chi connectivity index (χ4v) is 7.91. The minimum atomic E-state index is -1.92. The van der Waals surface area contributed by atoms with Crippen LogP contribution < -0.4 is 43.8 Å². The number of esters is 1. The molecule has 0 radical (unpaired) electrons. The van der Waals surface area contributed by atoms with E-state index in [1.165, 1.54) is 28.7 Å². The molecule has 0 saturated heterocycles. The molecule has 4 aromatic rings. The molecule has 0 saturated carbocycles. The van der Waals surface area contributed by atoms with Gasteiger partial charge in [0.05, 0.1) is 37.6 Å². The van der Waals surface area contributed by atoms with Gasteiger partial charge in [-0.25, -0.2) is 19.2 Å². The average Bonchev–Trinajstić information content (AvgIpc) is 4.02. The largest absolute Gasteiger partial charge is 0.478 e. The Bertz CT molecular complexity index is 2920. The molecule has 2 heterocycles. The number of hydrogen-bond donors (Lipinski definition) is 11. The number of alkyl carbamates (subject to hydrolysis) is 1. The Morgan fingerprint density at radius 3 is 1.84 bits per heavy atom. The van der Waals surface area contributed by atoms with Crippen molar-refractivity contribution in [2.75, 3.05) is 13.1 Å². The Labute approximate surface area is 441 Å². The molecular formula is C51H60N12O10S2. The molecule has 2 aromatic heterocycles. The quantitative estimate of drug-likeness (QED) is 0.0185. The van der Waals surface area contributed by atoms with Gasteiger partial charge < -0.3 is 58.4 Å². The molecule has 2 atom stereocenters. The summed E-state index contributed by atoms with van der Waals surface area (Å²) >= 11 is 2.50. The lowest BCUT2D eigenvalue weighted by Crippen LogP contribution is -2.60. The van der Waals surface area contributed by atoms with Crippen molar-refractivity contribution in [1.82, 2.24) is 26.6 Å². The van der Waals surface area contributed by atoms with Crippen molar-refractivity contribution in [2.24, 2.45) is 17.2 Å². The number of nitrogens with zero attached hydrogens (tertiary/aromatic N) is 2. The number of hydrogen-bond acceptors (Lipinski definition) is 15. The summed E-state index contributed by atoms with van der Waals surface area (Å²) in [6, 6.07) is 21.7. The van der Waals surface area contributed by atoms with E-state index >= 15 is 0 Å². The van der Waals surface area contributed by atoms with E-state index < -0.39 is 70.5 Å². The van der Waals surface area contributed by atoms with Crippen LogP contribution in [0.4, 0.5) is 10.5 Å². The Morgan fingerprint density at radius 1 is 0.733 bits per heavy atom. The van der Waals surface area contributed by atoms with Crippen molar-refractivity contribution in [3.63, 3.8) is 0 Å². The van der Waals surface area contributed by atoms with E-state index in [9.17, 15) is 33.6 Å². The summed E-state index contributed by atoms with van der Waals surface area (Å²) in [5, 5.41) is 45.7. The topological polar surface area (TPSA) is 372 Å². The molecule has 0 aliphatic carbocycles. The zero-order chi connectivity index (χ0) is 56.1. The number of nitrogens with two attached hydrogens (primary N) is 3. The van der Waals surface area contributed by atoms with Crippen LogP contribution in [0.1, 0.15) is 77.7 Å². The second kappa shape index (κ2) is 27.4. The summed E-state index contributed by atoms with van der Waals surface area (Å²) < 4.78 is 10.8. The number of carboxylic acids is 1. The number of amidine groups is 2. The fraction of sp³-hybridized carbons (Fsp3) is 0.314. The number of nitrogen functional groups attached to an aromatic ring is 2. The van der Waals surface area contributed by atoms with E-state index in [4.69, 9.17) is 54.4 Å². The van der Waals surface area contributed by atoms with Gasteiger partial charge in [-0.05, 0) is 89.6 Å². The van der Waals surface area contributed by atoms with E-state index in [1.807, 2.05) is 6.07 Å². The van der Waals surface area contributed by atoms with Crippen LogP contribution in [0.3, 0.4) is 0 Å². The third-order valence-corrected chi connectivity index (χ3v) is 11.8. The maximum absolute atomic E-state index is 13.8. The van der Waals surface area contributed by atoms with Crippen molar-refractivity contribution in [1.29, 1.82) is 16.1 Å². The molecule has 0 aliphatic rings. The highest BCUT2D eigenvalue weighted by Gasteiger charge is 2.40. The number of rotatable bonds is 21. The van der Waals surface area contributed by atoms with Gasteiger partial charge in [0.2, 0.25) is 17.7 Å². The molecule has 24 heteroatoms. The maximum atomic E-state index is 13.8. The van der Waals surface area contributed by atoms with Gasteiger partial charge in [0, 0.05) is 40.3 Å². The van der Waals surface area contributed by atoms with Gasteiger partial charge in [0.1, 0.15) is 44.9 Å². The summed E-state index contributed by atoms with van der Waals surface area (Å²) in [6.07, 6.45) is 2.82. The van der Waals surface area contributed by atoms with Gasteiger partial charge in [-0.2, -0.15) is 5.26 Å². The van der Waals surface area contributed by atoms with Crippen molar-refractivity contribution in [3.05, 3.63) is 145 Å². The van der Waals surface area contributed by atoms with E-state index in [0.717, 1.165) is 28.0 Å². The van der Waals surface area contributed by atoms with E-state index in [0.29, 0.717) is 32.1 Å². The minimum Gasteiger partial charge on any atom is -0.478 e. The first-order valence-corrected chi connectivity index (χ1v) is 24.2. The van der Waals surface area contributed by atoms with Gasteiger partial charge in [-0.3, -0.25) is 30.0 Å². The van der Waals surface area contributed by atoms with Crippen LogP contribution in [0, 0.1) is 28.7 Å². The SMILES string of the molecule is N=C(N)c1cccc(C[C@](N)(/C=C/C(=O)O)C(=O)NCC(=O)NCc2ccc(C(=N)N)s2)c1.[C-]#[N+]c1cccc(C[C@@](/C=C/C(=O)OC(C)(C)C)(NC(=O)OC(C)(C)C)C(=O)NCC(=O)NCc2ccc(C#N)s2)c1. The molecule has 4 rings (SSSR count). The average molecular weight is 1070 g/mol. The molecule has 0 bridgehead atoms. The Morgan fingerprint density at radius 2 is 1.31 bits per heavy atom. The van der Waals surface area contributed by atoms with Crippen LogP contribution in [0.25, 0.3) is 4.85 Å². The van der Waals surface area contributed by atoms with Crippen LogP contribution >= 0.6 is 22.7 Å². The monoisotopic (exact) mass is 1060 g/mol. The normalized spacial score (nSPS) is 12.7. The van der Waals surface area contributed by atoms with E-state index in [1.54, 1.807) is 114 Å². The fourth-order valence-electron chi connectivity index (χ4n) is 6.36. The molecule has 2 aromatic carbocycles. The molecule has 14 N–H and O–H groups in total. The molecule has 22 nitrogen and oxygen atoms in total. The third-order valence-electron chi connectivity index (χ3n) is 9.68. The number of nitriles is 1. The molecular weight excluding hydrogens is 1000 g/mol. The summed E-state index contributed by atoms with van der Waals surface area (Å²) in [5.41, 5.74) is 13.5. The van der Waals surface area contributed by atoms with Crippen LogP contribution in [-0.4, -0.2) is 93.8 Å². The summed E-state index contributed by atoms with van der Waals surface area (Å²) in [5.74, 6) is -4.83. The maximum Gasteiger partial charge on any atom is 0.408 e. The van der Waals surface area contributed by atoms with Crippen molar-refractivity contribution < 1.29 is 48.1 Å². The van der Waals surface area contributed by atoms with Gasteiger partial charge >= 0.3 is 18.0 Å². The molecule has 0 fully saturated rings. The van der Waals surface area contributed by atoms with Gasteiger partial charge in [0.15, 0.2) is 5.69 Å². The van der Waals surface area contributed by atoms with Crippen molar-refractivity contribution >= 4 is 81.7 Å². The first-order chi connectivity index (χ1) is 35.0. The zero-order valence-corrected chi connectivity index (χ0v) is 43.7. The Hall–Kier alpha value is -8.71. The molecule has 396 valence electrons. The number of benzene rings is 2. The lowest BCUT2D eigenvalue weighted by Gasteiger charge is -2.32. The molecule has 5 amide bonds. The highest BCUT2D eigenvalue weighted by atomic mass is 32.1. The van der Waals surface area contributed by atoms with E-state index in [-0.39, 0.29) is 44.1 Å². The van der Waals surface area contributed by atoms with Gasteiger partial charge in [-0.15, -0.1) is 22.7 Å². The van der Waals surface area contributed by atoms with Crippen LogP contribution in [0.5, 0.6) is 0 Å². The Kier molecular flexibility index (Phi) is 22.1. The van der Waals surface area contributed by atoms with Crippen molar-refractivity contribution in [2.45, 2.75) is 89.8 Å². The second-order valence-corrected chi connectivity index (χ2v) is 20.7. The standard InChI is InChI=1S/C30H35N5O6S.C21H25N7O4S/c1-28(2,3)40-25(37)13-14-30(35-27(39)41-29(4,5)6,16-20-9-8-10-21(15-20)32-7)26(38)34-19-24(36)33-18-23-12-11-22(17-31)42-23;22-18(23)13-3-1-2-12(8-13)9-21(26,7-6-17(30)31)20(32)28-11-16(29)27-10-14-4-5-15(33-14)19(24)25/h8-15H,16,18-19H2,1-6H3,(H,33,36)(H,34,38)(H,35,39);1-8H,9-11,26H2,(H3,22,23)(H3,24,25)(H,27,29)(H,28,32)(H,30,31)/b14-13+;7-6+/t30-;21-/m11/s1. The lowest BCUT2D eigenvalue weighted by atomic mass is 9.88. The van der Waals surface area contributed by atoms with Gasteiger partial charge in [0.25, 0.3) is 5.91 Å². The smallest absolute Gasteiger partial charge is 0.408 e. The number of ether oxygens (including phenoxy) is 2. The van der Waals surface area contributed by atoms with Crippen molar-refractivity contribution in [3.8, 4) is 6.07 Å². The van der Waals surface area contributed by atoms with Gasteiger partial charge in [-0.1, -0.05) is 48.0 Å². The summed E-state index contributed by atoms with van der Waals surface area (Å²) in [4.78, 5) is 93.9. The predicted molar refractivity (Wildman–Crippen MR) is 282 cm³/mol. The molecule has 0 aliphatic heterocycles. The summed E-state index contributed by atoms with van der Waals surface area (Å²) in [7, 11) is 0. The number of nitrogens with one attached hydrogen (secondary N) is 7. The number of carbonyl (C=O) groups excluding carboxylic acids is 6. The predicted octanol–water partition coefficient (Wildman–Crippen LogP) is 3.94. The number of aliphatic carboxylic acids is 1. The van der Waals surface area contributed by atoms with Crippen LogP contribution in [0.2, 0.25) is 0 Å². The Balaban J connectivity index is 0.000000407. The zero-order valence-electron chi connectivity index (χ0n) is 42.0. The number of amides is 5. The first kappa shape index (κ1) is 60.6. The molecule has 0 unspecified atom stereocenters. The molecule has 75 heavy (non-hydrogen) atoms. The highest BCUT2D eigenvalue weighted by Crippen LogP contribution is 2.23. The lowest BCUT2D eigenvalue weighted by molar-refractivity contribution is -0.148. The van der Waals surface area contributed by atoms with Crippen LogP contribution in [0.15, 0.2) is 97.1 Å². The highest BCUT2D eigenvalue weighted by molar-refractivity contribution is 7.14. The van der Waals surface area contributed by atoms with Crippen LogP contribution in [-0.2, 0) is 64.2 Å². The van der Waals surface area contributed by atoms with E-state index in [2.05, 4.69) is 31.4 Å². The number of carboxylic acid groups (broad SMARTS) is 1. The third kappa shape index (κ3) is 21.5.